The van der Waals surface area contributed by atoms with E-state index >= 15 is 0 Å². The molecule has 1 N–H and O–H groups in total. The molecule has 4 aliphatic heterocycles. The normalized spacial score (nSPS) is 21.1. The molecule has 226 valence electrons. The smallest absolute Gasteiger partial charge is 0.262 e. The molecule has 1 unspecified atom stereocenters. The molecule has 3 aromatic carbocycles. The summed E-state index contributed by atoms with van der Waals surface area (Å²) in [6, 6.07) is 18.7. The highest BCUT2D eigenvalue weighted by molar-refractivity contribution is 6.31. The third-order valence-electron chi connectivity index (χ3n) is 9.22. The van der Waals surface area contributed by atoms with Crippen LogP contribution in [0, 0.1) is 0 Å². The topological polar surface area (TPSA) is 99.3 Å². The van der Waals surface area contributed by atoms with Gasteiger partial charge >= 0.3 is 0 Å². The van der Waals surface area contributed by atoms with Crippen LogP contribution in [0.5, 0.6) is 5.75 Å². The van der Waals surface area contributed by atoms with Gasteiger partial charge in [0.25, 0.3) is 11.8 Å². The van der Waals surface area contributed by atoms with Crippen LogP contribution in [-0.2, 0) is 22.7 Å². The Hall–Kier alpha value is -4.21. The molecule has 44 heavy (non-hydrogen) atoms. The summed E-state index contributed by atoms with van der Waals surface area (Å²) < 4.78 is 5.93. The SMILES string of the molecule is O=C1CCC(N2Cc3cc(C4CCN(Cc5ccc6c(c5)C(=O)N(c5cccc(Cl)c5)CCO6)CC4)ccc3C2=O)C(=O)N1. The predicted molar refractivity (Wildman–Crippen MR) is 165 cm³/mol. The molecule has 0 radical (unpaired) electrons. The van der Waals surface area contributed by atoms with Crippen LogP contribution in [-0.4, -0.2) is 65.7 Å². The van der Waals surface area contributed by atoms with Crippen LogP contribution in [0.1, 0.15) is 69.0 Å². The van der Waals surface area contributed by atoms with E-state index in [0.29, 0.717) is 53.9 Å². The van der Waals surface area contributed by atoms with Gasteiger partial charge in [0, 0.05) is 35.8 Å². The monoisotopic (exact) mass is 612 g/mol. The lowest BCUT2D eigenvalue weighted by Gasteiger charge is -2.32. The van der Waals surface area contributed by atoms with Crippen molar-refractivity contribution in [2.45, 2.75) is 50.7 Å². The minimum absolute atomic E-state index is 0.0911. The zero-order valence-electron chi connectivity index (χ0n) is 24.3. The Morgan fingerprint density at radius 2 is 1.70 bits per heavy atom. The van der Waals surface area contributed by atoms with Crippen molar-refractivity contribution in [1.82, 2.24) is 15.1 Å². The number of carbonyl (C=O) groups is 4. The largest absolute Gasteiger partial charge is 0.491 e. The average molecular weight is 613 g/mol. The first-order valence-electron chi connectivity index (χ1n) is 15.2. The number of amides is 4. The van der Waals surface area contributed by atoms with E-state index in [1.165, 1.54) is 5.56 Å². The first kappa shape index (κ1) is 28.6. The van der Waals surface area contributed by atoms with Crippen LogP contribution >= 0.6 is 11.6 Å². The quantitative estimate of drug-likeness (QED) is 0.426. The summed E-state index contributed by atoms with van der Waals surface area (Å²) in [5.41, 5.74) is 5.20. The Morgan fingerprint density at radius 1 is 0.864 bits per heavy atom. The minimum Gasteiger partial charge on any atom is -0.491 e. The minimum atomic E-state index is -0.603. The maximum atomic E-state index is 13.6. The molecule has 0 spiro atoms. The summed E-state index contributed by atoms with van der Waals surface area (Å²) >= 11 is 6.20. The van der Waals surface area contributed by atoms with Crippen molar-refractivity contribution in [2.75, 3.05) is 31.1 Å². The number of carbonyl (C=O) groups excluding carboxylic acids is 4. The summed E-state index contributed by atoms with van der Waals surface area (Å²) in [6.07, 6.45) is 2.58. The highest BCUT2D eigenvalue weighted by Gasteiger charge is 2.39. The van der Waals surface area contributed by atoms with Crippen molar-refractivity contribution < 1.29 is 23.9 Å². The number of nitrogens with zero attached hydrogens (tertiary/aromatic N) is 3. The van der Waals surface area contributed by atoms with Crippen LogP contribution in [0.4, 0.5) is 5.69 Å². The number of hydrogen-bond donors (Lipinski definition) is 1. The van der Waals surface area contributed by atoms with E-state index in [-0.39, 0.29) is 30.0 Å². The fourth-order valence-electron chi connectivity index (χ4n) is 6.88. The number of benzene rings is 3. The Morgan fingerprint density at radius 3 is 2.50 bits per heavy atom. The second-order valence-electron chi connectivity index (χ2n) is 12.0. The lowest BCUT2D eigenvalue weighted by Crippen LogP contribution is -2.52. The lowest BCUT2D eigenvalue weighted by molar-refractivity contribution is -0.136. The number of fused-ring (bicyclic) bond motifs is 2. The van der Waals surface area contributed by atoms with Crippen molar-refractivity contribution in [2.24, 2.45) is 0 Å². The molecular formula is C34H33ClN4O5. The number of anilines is 1. The molecule has 0 bridgehead atoms. The van der Waals surface area contributed by atoms with Crippen molar-refractivity contribution >= 4 is 40.9 Å². The number of halogens is 1. The van der Waals surface area contributed by atoms with Gasteiger partial charge in [-0.05, 0) is 91.4 Å². The van der Waals surface area contributed by atoms with Gasteiger partial charge < -0.3 is 14.5 Å². The standard InChI is InChI=1S/C34H33ClN4O5/c35-25-2-1-3-26(18-25)38-14-15-44-30-8-4-21(16-28(30)34(38)43)19-37-12-10-22(11-13-37)23-5-6-27-24(17-23)20-39(33(27)42)29-7-9-31(40)36-32(29)41/h1-6,8,16-18,22,29H,7,9-15,19-20H2,(H,36,40,41). The molecule has 4 amide bonds. The van der Waals surface area contributed by atoms with E-state index in [4.69, 9.17) is 16.3 Å². The zero-order chi connectivity index (χ0) is 30.4. The number of imide groups is 1. The number of nitrogens with one attached hydrogen (secondary N) is 1. The van der Waals surface area contributed by atoms with Gasteiger partial charge in [0.1, 0.15) is 18.4 Å². The predicted octanol–water partition coefficient (Wildman–Crippen LogP) is 4.52. The number of likely N-dealkylation sites (tertiary alicyclic amines) is 1. The molecule has 7 rings (SSSR count). The van der Waals surface area contributed by atoms with Gasteiger partial charge in [-0.15, -0.1) is 0 Å². The van der Waals surface area contributed by atoms with Gasteiger partial charge in [-0.25, -0.2) is 0 Å². The fraction of sp³-hybridized carbons (Fsp3) is 0.353. The summed E-state index contributed by atoms with van der Waals surface area (Å²) in [4.78, 5) is 56.3. The summed E-state index contributed by atoms with van der Waals surface area (Å²) in [7, 11) is 0. The van der Waals surface area contributed by atoms with Gasteiger partial charge in [-0.2, -0.15) is 0 Å². The average Bonchev–Trinajstić information content (AvgIpc) is 3.25. The Kier molecular flexibility index (Phi) is 7.60. The molecule has 4 aliphatic rings. The van der Waals surface area contributed by atoms with Gasteiger partial charge in [0.2, 0.25) is 11.8 Å². The molecule has 2 fully saturated rings. The number of piperidine rings is 2. The Balaban J connectivity index is 0.992. The highest BCUT2D eigenvalue weighted by atomic mass is 35.5. The maximum absolute atomic E-state index is 13.6. The maximum Gasteiger partial charge on any atom is 0.262 e. The molecule has 2 saturated heterocycles. The number of hydrogen-bond acceptors (Lipinski definition) is 6. The first-order valence-corrected chi connectivity index (χ1v) is 15.5. The van der Waals surface area contributed by atoms with Crippen LogP contribution in [0.3, 0.4) is 0 Å². The molecule has 4 heterocycles. The van der Waals surface area contributed by atoms with E-state index in [0.717, 1.165) is 49.3 Å². The molecule has 0 saturated carbocycles. The Labute approximate surface area is 260 Å². The van der Waals surface area contributed by atoms with E-state index in [2.05, 4.69) is 22.3 Å². The van der Waals surface area contributed by atoms with E-state index in [9.17, 15) is 19.2 Å². The van der Waals surface area contributed by atoms with E-state index in [1.54, 1.807) is 21.9 Å². The lowest BCUT2D eigenvalue weighted by atomic mass is 9.87. The first-order chi connectivity index (χ1) is 21.3. The van der Waals surface area contributed by atoms with Crippen molar-refractivity contribution in [3.8, 4) is 5.75 Å². The second-order valence-corrected chi connectivity index (χ2v) is 12.4. The summed E-state index contributed by atoms with van der Waals surface area (Å²) in [6.45, 7) is 3.82. The van der Waals surface area contributed by atoms with Gasteiger partial charge in [-0.1, -0.05) is 35.9 Å². The van der Waals surface area contributed by atoms with E-state index < -0.39 is 6.04 Å². The molecular weight excluding hydrogens is 580 g/mol. The number of rotatable bonds is 5. The van der Waals surface area contributed by atoms with E-state index in [1.807, 2.05) is 36.4 Å². The molecule has 9 nitrogen and oxygen atoms in total. The van der Waals surface area contributed by atoms with Gasteiger partial charge in [-0.3, -0.25) is 29.4 Å². The molecule has 0 aliphatic carbocycles. The van der Waals surface area contributed by atoms with Crippen LogP contribution in [0.25, 0.3) is 0 Å². The second kappa shape index (κ2) is 11.7. The van der Waals surface area contributed by atoms with Crippen LogP contribution < -0.4 is 15.0 Å². The third kappa shape index (κ3) is 5.46. The molecule has 10 heteroatoms. The molecule has 3 aromatic rings. The summed E-state index contributed by atoms with van der Waals surface area (Å²) in [5.74, 6) is 0.0782. The fourth-order valence-corrected chi connectivity index (χ4v) is 7.07. The molecule has 1 atom stereocenters. The summed E-state index contributed by atoms with van der Waals surface area (Å²) in [5, 5.41) is 2.95. The third-order valence-corrected chi connectivity index (χ3v) is 9.46. The molecule has 0 aromatic heterocycles. The zero-order valence-corrected chi connectivity index (χ0v) is 25.0. The highest BCUT2D eigenvalue weighted by Crippen LogP contribution is 2.35. The number of ether oxygens (including phenoxy) is 1. The van der Waals surface area contributed by atoms with Crippen molar-refractivity contribution in [3.63, 3.8) is 0 Å². The Bertz CT molecular complexity index is 1670. The van der Waals surface area contributed by atoms with Crippen LogP contribution in [0.2, 0.25) is 5.02 Å². The van der Waals surface area contributed by atoms with Crippen LogP contribution in [0.15, 0.2) is 60.7 Å². The van der Waals surface area contributed by atoms with Crippen molar-refractivity contribution in [3.05, 3.63) is 93.5 Å². The van der Waals surface area contributed by atoms with Crippen molar-refractivity contribution in [1.29, 1.82) is 0 Å². The van der Waals surface area contributed by atoms with Gasteiger partial charge in [0.05, 0.1) is 12.1 Å². The van der Waals surface area contributed by atoms with Gasteiger partial charge in [0.15, 0.2) is 0 Å².